The lowest BCUT2D eigenvalue weighted by Crippen LogP contribution is -2.44. The molecule has 0 bridgehead atoms. The third-order valence-corrected chi connectivity index (χ3v) is 3.88. The summed E-state index contributed by atoms with van der Waals surface area (Å²) in [7, 11) is 0. The summed E-state index contributed by atoms with van der Waals surface area (Å²) in [6, 6.07) is 7.07. The largest absolute Gasteiger partial charge is 0.494 e. The SMILES string of the molecule is CCOc1ccc(OCC(=O)OC2CCN(C(=O)OC(C)(C)C)CC2)cc1. The highest BCUT2D eigenvalue weighted by molar-refractivity contribution is 5.71. The molecule has 0 spiro atoms. The summed E-state index contributed by atoms with van der Waals surface area (Å²) in [6.45, 7) is 8.88. The van der Waals surface area contributed by atoms with E-state index in [0.717, 1.165) is 5.75 Å². The Labute approximate surface area is 160 Å². The van der Waals surface area contributed by atoms with Crippen LogP contribution in [0.1, 0.15) is 40.5 Å². The number of rotatable bonds is 6. The second-order valence-corrected chi connectivity index (χ2v) is 7.35. The third-order valence-electron chi connectivity index (χ3n) is 3.88. The average Bonchev–Trinajstić information content (AvgIpc) is 2.60. The van der Waals surface area contributed by atoms with E-state index in [4.69, 9.17) is 18.9 Å². The minimum Gasteiger partial charge on any atom is -0.494 e. The van der Waals surface area contributed by atoms with Crippen molar-refractivity contribution in [3.63, 3.8) is 0 Å². The Hall–Kier alpha value is -2.44. The van der Waals surface area contributed by atoms with Gasteiger partial charge in [-0.1, -0.05) is 0 Å². The zero-order valence-corrected chi connectivity index (χ0v) is 16.5. The van der Waals surface area contributed by atoms with E-state index in [0.29, 0.717) is 38.3 Å². The maximum absolute atomic E-state index is 12.0. The standard InChI is InChI=1S/C20H29NO6/c1-5-24-15-6-8-16(9-7-15)25-14-18(22)26-17-10-12-21(13-11-17)19(23)27-20(2,3)4/h6-9,17H,5,10-14H2,1-4H3. The second kappa shape index (κ2) is 9.48. The third kappa shape index (κ3) is 7.37. The summed E-state index contributed by atoms with van der Waals surface area (Å²) in [5.41, 5.74) is -0.515. The Morgan fingerprint density at radius 3 is 2.11 bits per heavy atom. The van der Waals surface area contributed by atoms with Crippen molar-refractivity contribution in [3.05, 3.63) is 24.3 Å². The number of carbonyl (C=O) groups is 2. The molecular weight excluding hydrogens is 350 g/mol. The molecule has 0 N–H and O–H groups in total. The van der Waals surface area contributed by atoms with Crippen LogP contribution in [-0.4, -0.2) is 55.0 Å². The van der Waals surface area contributed by atoms with Crippen LogP contribution in [0.25, 0.3) is 0 Å². The number of carbonyl (C=O) groups excluding carboxylic acids is 2. The number of nitrogens with zero attached hydrogens (tertiary/aromatic N) is 1. The van der Waals surface area contributed by atoms with Crippen LogP contribution in [0.15, 0.2) is 24.3 Å². The molecule has 1 heterocycles. The van der Waals surface area contributed by atoms with E-state index in [1.54, 1.807) is 29.2 Å². The van der Waals surface area contributed by atoms with Gasteiger partial charge in [-0.25, -0.2) is 9.59 Å². The van der Waals surface area contributed by atoms with Gasteiger partial charge in [0.15, 0.2) is 6.61 Å². The van der Waals surface area contributed by atoms with E-state index in [2.05, 4.69) is 0 Å². The zero-order valence-electron chi connectivity index (χ0n) is 16.5. The number of hydrogen-bond donors (Lipinski definition) is 0. The Morgan fingerprint density at radius 1 is 1.04 bits per heavy atom. The summed E-state index contributed by atoms with van der Waals surface area (Å²) in [5, 5.41) is 0. The Kier molecular flexibility index (Phi) is 7.33. The first-order valence-corrected chi connectivity index (χ1v) is 9.30. The zero-order chi connectivity index (χ0) is 19.9. The summed E-state index contributed by atoms with van der Waals surface area (Å²) in [4.78, 5) is 25.7. The molecule has 7 heteroatoms. The van der Waals surface area contributed by atoms with Crippen LogP contribution in [0.5, 0.6) is 11.5 Å². The molecule has 1 aliphatic heterocycles. The van der Waals surface area contributed by atoms with Gasteiger partial charge in [0, 0.05) is 25.9 Å². The normalized spacial score (nSPS) is 15.2. The van der Waals surface area contributed by atoms with Gasteiger partial charge in [0.2, 0.25) is 0 Å². The van der Waals surface area contributed by atoms with Crippen LogP contribution < -0.4 is 9.47 Å². The number of ether oxygens (including phenoxy) is 4. The minimum absolute atomic E-state index is 0.153. The molecule has 27 heavy (non-hydrogen) atoms. The molecule has 1 amide bonds. The van der Waals surface area contributed by atoms with Gasteiger partial charge in [0.25, 0.3) is 0 Å². The van der Waals surface area contributed by atoms with Crippen molar-refractivity contribution in [1.29, 1.82) is 0 Å². The number of amides is 1. The highest BCUT2D eigenvalue weighted by Crippen LogP contribution is 2.19. The molecule has 0 unspecified atom stereocenters. The van der Waals surface area contributed by atoms with Gasteiger partial charge >= 0.3 is 12.1 Å². The predicted octanol–water partition coefficient (Wildman–Crippen LogP) is 3.41. The number of esters is 1. The summed E-state index contributed by atoms with van der Waals surface area (Å²) < 4.78 is 21.6. The van der Waals surface area contributed by atoms with E-state index < -0.39 is 11.6 Å². The number of hydrogen-bond acceptors (Lipinski definition) is 6. The van der Waals surface area contributed by atoms with Gasteiger partial charge in [-0.05, 0) is 52.0 Å². The second-order valence-electron chi connectivity index (χ2n) is 7.35. The summed E-state index contributed by atoms with van der Waals surface area (Å²) in [6.07, 6.45) is 0.647. The summed E-state index contributed by atoms with van der Waals surface area (Å²) >= 11 is 0. The molecule has 0 atom stereocenters. The topological polar surface area (TPSA) is 74.3 Å². The van der Waals surface area contributed by atoms with Crippen molar-refractivity contribution in [3.8, 4) is 11.5 Å². The fourth-order valence-electron chi connectivity index (χ4n) is 2.64. The van der Waals surface area contributed by atoms with Crippen LogP contribution in [-0.2, 0) is 14.3 Å². The van der Waals surface area contributed by atoms with Gasteiger partial charge in [-0.15, -0.1) is 0 Å². The number of piperidine rings is 1. The highest BCUT2D eigenvalue weighted by atomic mass is 16.6. The van der Waals surface area contributed by atoms with Crippen molar-refractivity contribution < 1.29 is 28.5 Å². The van der Waals surface area contributed by atoms with Gasteiger partial charge in [-0.2, -0.15) is 0 Å². The fourth-order valence-corrected chi connectivity index (χ4v) is 2.64. The van der Waals surface area contributed by atoms with E-state index in [-0.39, 0.29) is 18.8 Å². The Bertz CT molecular complexity index is 614. The first-order chi connectivity index (χ1) is 12.8. The monoisotopic (exact) mass is 379 g/mol. The molecule has 1 saturated heterocycles. The van der Waals surface area contributed by atoms with Crippen molar-refractivity contribution in [2.45, 2.75) is 52.2 Å². The Morgan fingerprint density at radius 2 is 1.59 bits per heavy atom. The number of likely N-dealkylation sites (tertiary alicyclic amines) is 1. The first-order valence-electron chi connectivity index (χ1n) is 9.30. The molecule has 1 fully saturated rings. The lowest BCUT2D eigenvalue weighted by Gasteiger charge is -2.33. The van der Waals surface area contributed by atoms with E-state index >= 15 is 0 Å². The van der Waals surface area contributed by atoms with Gasteiger partial charge in [0.05, 0.1) is 6.61 Å². The molecule has 7 nitrogen and oxygen atoms in total. The van der Waals surface area contributed by atoms with Crippen LogP contribution in [0.4, 0.5) is 4.79 Å². The molecule has 150 valence electrons. The van der Waals surface area contributed by atoms with Gasteiger partial charge in [-0.3, -0.25) is 0 Å². The van der Waals surface area contributed by atoms with Crippen LogP contribution >= 0.6 is 0 Å². The molecule has 0 radical (unpaired) electrons. The predicted molar refractivity (Wildman–Crippen MR) is 100 cm³/mol. The van der Waals surface area contributed by atoms with E-state index in [1.165, 1.54) is 0 Å². The first kappa shape index (κ1) is 20.9. The molecule has 0 saturated carbocycles. The maximum Gasteiger partial charge on any atom is 0.410 e. The lowest BCUT2D eigenvalue weighted by atomic mass is 10.1. The average molecular weight is 379 g/mol. The van der Waals surface area contributed by atoms with Crippen LogP contribution in [0.2, 0.25) is 0 Å². The molecule has 1 aromatic rings. The highest BCUT2D eigenvalue weighted by Gasteiger charge is 2.28. The Balaban J connectivity index is 1.69. The van der Waals surface area contributed by atoms with Crippen molar-refractivity contribution in [1.82, 2.24) is 4.90 Å². The lowest BCUT2D eigenvalue weighted by molar-refractivity contribution is -0.153. The molecule has 1 aliphatic rings. The van der Waals surface area contributed by atoms with Crippen LogP contribution in [0.3, 0.4) is 0 Å². The minimum atomic E-state index is -0.515. The molecule has 1 aromatic carbocycles. The molecule has 0 aliphatic carbocycles. The smallest absolute Gasteiger partial charge is 0.410 e. The van der Waals surface area contributed by atoms with E-state index in [9.17, 15) is 9.59 Å². The maximum atomic E-state index is 12.0. The molecular formula is C20H29NO6. The fraction of sp³-hybridized carbons (Fsp3) is 0.600. The van der Waals surface area contributed by atoms with Crippen molar-refractivity contribution >= 4 is 12.1 Å². The summed E-state index contributed by atoms with van der Waals surface area (Å²) in [5.74, 6) is 0.916. The molecule has 0 aromatic heterocycles. The quantitative estimate of drug-likeness (QED) is 0.705. The van der Waals surface area contributed by atoms with Crippen LogP contribution in [0, 0.1) is 0 Å². The number of benzene rings is 1. The van der Waals surface area contributed by atoms with E-state index in [1.807, 2.05) is 27.7 Å². The van der Waals surface area contributed by atoms with Gasteiger partial charge < -0.3 is 23.8 Å². The van der Waals surface area contributed by atoms with Gasteiger partial charge in [0.1, 0.15) is 23.2 Å². The van der Waals surface area contributed by atoms with Crippen molar-refractivity contribution in [2.75, 3.05) is 26.3 Å². The van der Waals surface area contributed by atoms with Crippen molar-refractivity contribution in [2.24, 2.45) is 0 Å². The molecule has 2 rings (SSSR count).